The maximum atomic E-state index is 12.0. The number of thiocarbonyl (C=S) groups is 1. The molecule has 1 aliphatic rings. The maximum Gasteiger partial charge on any atom is 0.251 e. The van der Waals surface area contributed by atoms with E-state index in [9.17, 15) is 4.79 Å². The van der Waals surface area contributed by atoms with Crippen LogP contribution in [0.15, 0.2) is 41.6 Å². The summed E-state index contributed by atoms with van der Waals surface area (Å²) in [6, 6.07) is 9.57. The standard InChI is InChI=1S/C13H15N3OS.H2O/c1-8-10(12(17)14-2)11(16-13(18)15-8)9-6-4-3-5-7-9;/h3-7,11H,1-2H3,(H,14,17)(H2,15,16,18);1H2/t11-;/m1./s1. The molecular formula is C13H17N3O2S. The van der Waals surface area contributed by atoms with Gasteiger partial charge in [0.25, 0.3) is 5.91 Å². The van der Waals surface area contributed by atoms with Gasteiger partial charge in [0.2, 0.25) is 0 Å². The minimum Gasteiger partial charge on any atom is -0.412 e. The van der Waals surface area contributed by atoms with Crippen molar-refractivity contribution in [3.8, 4) is 0 Å². The molecule has 5 N–H and O–H groups in total. The van der Waals surface area contributed by atoms with Gasteiger partial charge in [-0.05, 0) is 24.7 Å². The van der Waals surface area contributed by atoms with Gasteiger partial charge in [0.15, 0.2) is 5.11 Å². The number of benzene rings is 1. The Labute approximate surface area is 117 Å². The summed E-state index contributed by atoms with van der Waals surface area (Å²) in [4.78, 5) is 12.0. The molecule has 6 heteroatoms. The minimum atomic E-state index is -0.208. The average Bonchev–Trinajstić information content (AvgIpc) is 2.38. The van der Waals surface area contributed by atoms with Crippen LogP contribution in [0.5, 0.6) is 0 Å². The number of hydrogen-bond donors (Lipinski definition) is 3. The van der Waals surface area contributed by atoms with Crippen LogP contribution in [-0.4, -0.2) is 23.5 Å². The van der Waals surface area contributed by atoms with E-state index >= 15 is 0 Å². The number of allylic oxidation sites excluding steroid dienone is 1. The van der Waals surface area contributed by atoms with Crippen molar-refractivity contribution in [2.75, 3.05) is 7.05 Å². The van der Waals surface area contributed by atoms with Crippen LogP contribution in [0.2, 0.25) is 0 Å². The highest BCUT2D eigenvalue weighted by Gasteiger charge is 2.28. The molecule has 0 unspecified atom stereocenters. The van der Waals surface area contributed by atoms with Crippen LogP contribution in [0.3, 0.4) is 0 Å². The van der Waals surface area contributed by atoms with Gasteiger partial charge < -0.3 is 21.4 Å². The van der Waals surface area contributed by atoms with Crippen molar-refractivity contribution in [2.24, 2.45) is 0 Å². The second-order valence-electron chi connectivity index (χ2n) is 4.06. The van der Waals surface area contributed by atoms with Gasteiger partial charge in [0, 0.05) is 12.7 Å². The summed E-state index contributed by atoms with van der Waals surface area (Å²) in [5.41, 5.74) is 2.46. The number of nitrogens with one attached hydrogen (secondary N) is 3. The number of likely N-dealkylation sites (N-methyl/N-ethyl adjacent to an activating group) is 1. The molecule has 0 saturated heterocycles. The Morgan fingerprint density at radius 3 is 2.53 bits per heavy atom. The first-order chi connectivity index (χ1) is 8.63. The average molecular weight is 279 g/mol. The van der Waals surface area contributed by atoms with Crippen molar-refractivity contribution in [1.82, 2.24) is 16.0 Å². The molecule has 0 spiro atoms. The molecule has 1 aromatic carbocycles. The first-order valence-corrected chi connectivity index (χ1v) is 6.09. The zero-order valence-electron chi connectivity index (χ0n) is 10.8. The fourth-order valence-electron chi connectivity index (χ4n) is 2.03. The van der Waals surface area contributed by atoms with Crippen molar-refractivity contribution in [2.45, 2.75) is 13.0 Å². The predicted octanol–water partition coefficient (Wildman–Crippen LogP) is 0.401. The number of carbonyl (C=O) groups is 1. The van der Waals surface area contributed by atoms with E-state index < -0.39 is 0 Å². The zero-order chi connectivity index (χ0) is 13.1. The molecule has 0 saturated carbocycles. The molecule has 5 nitrogen and oxygen atoms in total. The molecule has 0 aromatic heterocycles. The summed E-state index contributed by atoms with van der Waals surface area (Å²) in [5, 5.41) is 9.31. The number of amides is 1. The summed E-state index contributed by atoms with van der Waals surface area (Å²) in [5.74, 6) is -0.108. The summed E-state index contributed by atoms with van der Waals surface area (Å²) in [7, 11) is 1.62. The van der Waals surface area contributed by atoms with Gasteiger partial charge in [-0.15, -0.1) is 0 Å². The monoisotopic (exact) mass is 279 g/mol. The Morgan fingerprint density at radius 1 is 1.32 bits per heavy atom. The molecular weight excluding hydrogens is 262 g/mol. The third-order valence-corrected chi connectivity index (χ3v) is 3.09. The normalized spacial score (nSPS) is 18.0. The molecule has 102 valence electrons. The fraction of sp³-hybridized carbons (Fsp3) is 0.231. The third-order valence-electron chi connectivity index (χ3n) is 2.87. The largest absolute Gasteiger partial charge is 0.412 e. The topological polar surface area (TPSA) is 84.7 Å². The molecule has 1 aromatic rings. The summed E-state index contributed by atoms with van der Waals surface area (Å²) in [6.45, 7) is 1.85. The Morgan fingerprint density at radius 2 is 1.95 bits per heavy atom. The van der Waals surface area contributed by atoms with E-state index in [0.29, 0.717) is 10.7 Å². The molecule has 1 amide bonds. The number of rotatable bonds is 2. The summed E-state index contributed by atoms with van der Waals surface area (Å²) < 4.78 is 0. The molecule has 1 heterocycles. The Bertz CT molecular complexity index is 514. The van der Waals surface area contributed by atoms with Gasteiger partial charge in [0.05, 0.1) is 11.6 Å². The van der Waals surface area contributed by atoms with Crippen LogP contribution < -0.4 is 16.0 Å². The minimum absolute atomic E-state index is 0. The van der Waals surface area contributed by atoms with E-state index in [1.165, 1.54) is 0 Å². The van der Waals surface area contributed by atoms with Crippen LogP contribution in [0.4, 0.5) is 0 Å². The lowest BCUT2D eigenvalue weighted by Crippen LogP contribution is -2.46. The van der Waals surface area contributed by atoms with Gasteiger partial charge in [-0.2, -0.15) is 0 Å². The lowest BCUT2D eigenvalue weighted by atomic mass is 9.95. The highest BCUT2D eigenvalue weighted by Crippen LogP contribution is 2.26. The third kappa shape index (κ3) is 3.10. The van der Waals surface area contributed by atoms with Crippen molar-refractivity contribution >= 4 is 23.2 Å². The second kappa shape index (κ2) is 6.31. The second-order valence-corrected chi connectivity index (χ2v) is 4.47. The van der Waals surface area contributed by atoms with Crippen LogP contribution in [0, 0.1) is 0 Å². The molecule has 2 rings (SSSR count). The SMILES string of the molecule is CNC(=O)C1=C(C)NC(=S)N[C@@H]1c1ccccc1.O. The van der Waals surface area contributed by atoms with E-state index in [2.05, 4.69) is 16.0 Å². The van der Waals surface area contributed by atoms with E-state index in [4.69, 9.17) is 12.2 Å². The van der Waals surface area contributed by atoms with Crippen molar-refractivity contribution in [3.05, 3.63) is 47.2 Å². The Balaban J connectivity index is 0.00000180. The zero-order valence-corrected chi connectivity index (χ0v) is 11.6. The Hall–Kier alpha value is -1.92. The maximum absolute atomic E-state index is 12.0. The molecule has 1 aliphatic heterocycles. The van der Waals surface area contributed by atoms with E-state index in [1.807, 2.05) is 37.3 Å². The van der Waals surface area contributed by atoms with Crippen molar-refractivity contribution < 1.29 is 10.3 Å². The molecule has 1 atom stereocenters. The quantitative estimate of drug-likeness (QED) is 0.684. The van der Waals surface area contributed by atoms with Crippen LogP contribution in [0.1, 0.15) is 18.5 Å². The van der Waals surface area contributed by atoms with Gasteiger partial charge in [-0.25, -0.2) is 0 Å². The van der Waals surface area contributed by atoms with Crippen LogP contribution in [-0.2, 0) is 4.79 Å². The van der Waals surface area contributed by atoms with Crippen molar-refractivity contribution in [3.63, 3.8) is 0 Å². The summed E-state index contributed by atoms with van der Waals surface area (Å²) in [6.07, 6.45) is 0. The lowest BCUT2D eigenvalue weighted by molar-refractivity contribution is -0.117. The predicted molar refractivity (Wildman–Crippen MR) is 78.4 cm³/mol. The number of carbonyl (C=O) groups excluding carboxylic acids is 1. The highest BCUT2D eigenvalue weighted by molar-refractivity contribution is 7.80. The highest BCUT2D eigenvalue weighted by atomic mass is 32.1. The molecule has 0 aliphatic carbocycles. The van der Waals surface area contributed by atoms with E-state index in [1.54, 1.807) is 7.05 Å². The lowest BCUT2D eigenvalue weighted by Gasteiger charge is -2.30. The van der Waals surface area contributed by atoms with E-state index in [-0.39, 0.29) is 17.4 Å². The first-order valence-electron chi connectivity index (χ1n) is 5.68. The van der Waals surface area contributed by atoms with Crippen LogP contribution >= 0.6 is 12.2 Å². The molecule has 0 radical (unpaired) electrons. The number of hydrogen-bond acceptors (Lipinski definition) is 2. The van der Waals surface area contributed by atoms with Crippen LogP contribution in [0.25, 0.3) is 0 Å². The van der Waals surface area contributed by atoms with Gasteiger partial charge >= 0.3 is 0 Å². The molecule has 0 fully saturated rings. The van der Waals surface area contributed by atoms with Gasteiger partial charge in [0.1, 0.15) is 0 Å². The van der Waals surface area contributed by atoms with Gasteiger partial charge in [-0.3, -0.25) is 4.79 Å². The molecule has 0 bridgehead atoms. The smallest absolute Gasteiger partial charge is 0.251 e. The fourth-order valence-corrected chi connectivity index (χ4v) is 2.30. The summed E-state index contributed by atoms with van der Waals surface area (Å²) >= 11 is 5.15. The molecule has 19 heavy (non-hydrogen) atoms. The van der Waals surface area contributed by atoms with Gasteiger partial charge in [-0.1, -0.05) is 30.3 Å². The van der Waals surface area contributed by atoms with Crippen molar-refractivity contribution in [1.29, 1.82) is 0 Å². The van der Waals surface area contributed by atoms with E-state index in [0.717, 1.165) is 11.3 Å². The Kier molecular flexibility index (Phi) is 5.02. The first kappa shape index (κ1) is 15.1.